The number of hydrogen-bond acceptors (Lipinski definition) is 4. The van der Waals surface area contributed by atoms with Crippen molar-refractivity contribution < 1.29 is 4.79 Å². The van der Waals surface area contributed by atoms with Crippen LogP contribution in [0.3, 0.4) is 0 Å². The van der Waals surface area contributed by atoms with Crippen molar-refractivity contribution in [2.24, 2.45) is 0 Å². The van der Waals surface area contributed by atoms with Gasteiger partial charge in [-0.15, -0.1) is 0 Å². The van der Waals surface area contributed by atoms with Crippen molar-refractivity contribution in [3.8, 4) is 0 Å². The molecule has 0 saturated heterocycles. The Morgan fingerprint density at radius 2 is 2.07 bits per heavy atom. The minimum absolute atomic E-state index is 0.154. The van der Waals surface area contributed by atoms with Gasteiger partial charge in [-0.25, -0.2) is 9.97 Å². The molecule has 1 rings (SSSR count). The fraction of sp³-hybridized carbons (Fsp3) is 0.444. The molecule has 4 nitrogen and oxygen atoms in total. The monoisotopic (exact) mass is 241 g/mol. The molecule has 0 atom stereocenters. The predicted molar refractivity (Wildman–Crippen MR) is 67.1 cm³/mol. The molecule has 0 radical (unpaired) electrons. The number of nitrogens with zero attached hydrogens (tertiary/aromatic N) is 3. The lowest BCUT2D eigenvalue weighted by Gasteiger charge is -2.31. The standard InChI is InChI=1S/C9H15N3OSSi/c1-12(15(2,3)4)7-5-6-10-8(11-7)9(13)14/h5-6H,1-4H3,(H,13,14). The summed E-state index contributed by atoms with van der Waals surface area (Å²) in [6.07, 6.45) is 1.59. The smallest absolute Gasteiger partial charge is 0.253 e. The second kappa shape index (κ2) is 4.32. The fourth-order valence-corrected chi connectivity index (χ4v) is 1.90. The highest BCUT2D eigenvalue weighted by Gasteiger charge is 2.22. The van der Waals surface area contributed by atoms with Crippen LogP contribution in [0.25, 0.3) is 0 Å². The molecule has 15 heavy (non-hydrogen) atoms. The molecule has 0 saturated carbocycles. The van der Waals surface area contributed by atoms with E-state index in [9.17, 15) is 4.79 Å². The van der Waals surface area contributed by atoms with E-state index in [-0.39, 0.29) is 5.82 Å². The van der Waals surface area contributed by atoms with Crippen molar-refractivity contribution in [2.75, 3.05) is 11.6 Å². The van der Waals surface area contributed by atoms with Crippen LogP contribution in [0.2, 0.25) is 19.6 Å². The molecule has 1 aromatic heterocycles. The summed E-state index contributed by atoms with van der Waals surface area (Å²) in [7, 11) is 0.535. The van der Waals surface area contributed by atoms with Crippen molar-refractivity contribution in [1.82, 2.24) is 9.97 Å². The zero-order chi connectivity index (χ0) is 11.6. The SMILES string of the molecule is CN(c1ccnc(C(=O)S)n1)[Si](C)(C)C. The first-order valence-corrected chi connectivity index (χ1v) is 8.52. The zero-order valence-electron chi connectivity index (χ0n) is 9.35. The van der Waals surface area contributed by atoms with Crippen LogP contribution in [0.4, 0.5) is 5.82 Å². The van der Waals surface area contributed by atoms with Crippen molar-refractivity contribution in [3.05, 3.63) is 18.1 Å². The lowest BCUT2D eigenvalue weighted by molar-refractivity contribution is 0.108. The van der Waals surface area contributed by atoms with Gasteiger partial charge in [0.25, 0.3) is 5.12 Å². The average Bonchev–Trinajstić information content (AvgIpc) is 2.15. The highest BCUT2D eigenvalue weighted by molar-refractivity contribution is 7.97. The van der Waals surface area contributed by atoms with Gasteiger partial charge < -0.3 is 4.57 Å². The molecule has 0 amide bonds. The van der Waals surface area contributed by atoms with E-state index in [1.165, 1.54) is 0 Å². The van der Waals surface area contributed by atoms with Crippen LogP contribution in [-0.4, -0.2) is 30.4 Å². The Bertz CT molecular complexity index is 378. The minimum atomic E-state index is -1.45. The number of rotatable bonds is 3. The van der Waals surface area contributed by atoms with Gasteiger partial charge in [0.2, 0.25) is 5.82 Å². The van der Waals surface area contributed by atoms with Gasteiger partial charge >= 0.3 is 0 Å². The third kappa shape index (κ3) is 3.03. The van der Waals surface area contributed by atoms with Gasteiger partial charge in [0.15, 0.2) is 0 Å². The molecular weight excluding hydrogens is 226 g/mol. The average molecular weight is 241 g/mol. The first kappa shape index (κ1) is 12.2. The van der Waals surface area contributed by atoms with Crippen LogP contribution in [-0.2, 0) is 0 Å². The molecule has 0 fully saturated rings. The second-order valence-corrected chi connectivity index (χ2v) is 9.69. The summed E-state index contributed by atoms with van der Waals surface area (Å²) in [5.74, 6) is 0.933. The first-order valence-electron chi connectivity index (χ1n) is 4.62. The van der Waals surface area contributed by atoms with Crippen molar-refractivity contribution in [2.45, 2.75) is 19.6 Å². The summed E-state index contributed by atoms with van der Waals surface area (Å²) in [6.45, 7) is 6.62. The van der Waals surface area contributed by atoms with Crippen LogP contribution in [0.5, 0.6) is 0 Å². The summed E-state index contributed by atoms with van der Waals surface area (Å²) in [5.41, 5.74) is 0. The summed E-state index contributed by atoms with van der Waals surface area (Å²) >= 11 is 3.70. The number of aromatic nitrogens is 2. The van der Waals surface area contributed by atoms with Gasteiger partial charge in [0, 0.05) is 6.20 Å². The highest BCUT2D eigenvalue weighted by Crippen LogP contribution is 2.16. The number of hydrogen-bond donors (Lipinski definition) is 1. The molecule has 0 aliphatic carbocycles. The molecule has 6 heteroatoms. The fourth-order valence-electron chi connectivity index (χ4n) is 0.983. The van der Waals surface area contributed by atoms with Gasteiger partial charge in [-0.05, 0) is 13.1 Å². The van der Waals surface area contributed by atoms with Crippen LogP contribution in [0.1, 0.15) is 10.6 Å². The number of anilines is 1. The third-order valence-electron chi connectivity index (χ3n) is 2.18. The van der Waals surface area contributed by atoms with E-state index < -0.39 is 13.4 Å². The highest BCUT2D eigenvalue weighted by atomic mass is 32.1. The molecule has 0 aliphatic heterocycles. The lowest BCUT2D eigenvalue weighted by atomic mass is 10.5. The summed E-state index contributed by atoms with van der Waals surface area (Å²) in [6, 6.07) is 1.80. The Morgan fingerprint density at radius 3 is 2.53 bits per heavy atom. The molecule has 82 valence electrons. The minimum Gasteiger partial charge on any atom is -0.386 e. The molecule has 0 aromatic carbocycles. The van der Waals surface area contributed by atoms with E-state index in [4.69, 9.17) is 0 Å². The van der Waals surface area contributed by atoms with E-state index in [1.54, 1.807) is 12.3 Å². The van der Waals surface area contributed by atoms with Gasteiger partial charge in [0.05, 0.1) is 0 Å². The van der Waals surface area contributed by atoms with Crippen LogP contribution < -0.4 is 4.57 Å². The van der Waals surface area contributed by atoms with E-state index in [0.29, 0.717) is 0 Å². The molecule has 0 aliphatic rings. The number of carbonyl (C=O) groups excluding carboxylic acids is 1. The summed E-state index contributed by atoms with van der Waals surface area (Å²) in [5, 5.41) is -0.402. The summed E-state index contributed by atoms with van der Waals surface area (Å²) < 4.78 is 2.12. The zero-order valence-corrected chi connectivity index (χ0v) is 11.2. The van der Waals surface area contributed by atoms with Gasteiger partial charge in [-0.3, -0.25) is 4.79 Å². The predicted octanol–water partition coefficient (Wildman–Crippen LogP) is 1.82. The van der Waals surface area contributed by atoms with Crippen LogP contribution in [0.15, 0.2) is 12.3 Å². The Labute approximate surface area is 96.2 Å². The van der Waals surface area contributed by atoms with E-state index in [0.717, 1.165) is 5.82 Å². The Hall–Kier alpha value is -0.883. The van der Waals surface area contributed by atoms with Crippen LogP contribution >= 0.6 is 12.6 Å². The summed E-state index contributed by atoms with van der Waals surface area (Å²) in [4.78, 5) is 19.0. The lowest BCUT2D eigenvalue weighted by Crippen LogP contribution is -2.43. The second-order valence-electron chi connectivity index (χ2n) is 4.27. The maximum atomic E-state index is 11.0. The van der Waals surface area contributed by atoms with Gasteiger partial charge in [-0.1, -0.05) is 32.3 Å². The normalized spacial score (nSPS) is 11.3. The number of carbonyl (C=O) groups is 1. The van der Waals surface area contributed by atoms with E-state index in [2.05, 4.69) is 46.8 Å². The Kier molecular flexibility index (Phi) is 3.51. The van der Waals surface area contributed by atoms with Gasteiger partial charge in [-0.2, -0.15) is 0 Å². The van der Waals surface area contributed by atoms with E-state index >= 15 is 0 Å². The third-order valence-corrected chi connectivity index (χ3v) is 4.62. The molecule has 1 aromatic rings. The largest absolute Gasteiger partial charge is 0.386 e. The van der Waals surface area contributed by atoms with Crippen molar-refractivity contribution in [1.29, 1.82) is 0 Å². The molecule has 0 spiro atoms. The first-order chi connectivity index (χ1) is 6.82. The van der Waals surface area contributed by atoms with E-state index in [1.807, 2.05) is 7.05 Å². The maximum absolute atomic E-state index is 11.0. The molecule has 0 unspecified atom stereocenters. The quantitative estimate of drug-likeness (QED) is 0.648. The molecule has 0 bridgehead atoms. The Morgan fingerprint density at radius 1 is 1.47 bits per heavy atom. The van der Waals surface area contributed by atoms with Crippen molar-refractivity contribution in [3.63, 3.8) is 0 Å². The van der Waals surface area contributed by atoms with Crippen LogP contribution in [0, 0.1) is 0 Å². The van der Waals surface area contributed by atoms with Crippen molar-refractivity contribution >= 4 is 31.8 Å². The molecular formula is C9H15N3OSSi. The molecule has 0 N–H and O–H groups in total. The topological polar surface area (TPSA) is 46.1 Å². The Balaban J connectivity index is 3.06. The van der Waals surface area contributed by atoms with Gasteiger partial charge in [0.1, 0.15) is 14.1 Å². The maximum Gasteiger partial charge on any atom is 0.253 e. The number of thiol groups is 1. The molecule has 1 heterocycles.